The summed E-state index contributed by atoms with van der Waals surface area (Å²) in [6.45, 7) is 7.58. The van der Waals surface area contributed by atoms with Crippen LogP contribution >= 0.6 is 0 Å². The van der Waals surface area contributed by atoms with Crippen molar-refractivity contribution in [2.75, 3.05) is 6.54 Å². The van der Waals surface area contributed by atoms with E-state index in [0.29, 0.717) is 12.5 Å². The molecule has 0 bridgehead atoms. The number of aliphatic hydroxyl groups is 1. The lowest BCUT2D eigenvalue weighted by Crippen LogP contribution is -2.61. The first-order chi connectivity index (χ1) is 9.86. The summed E-state index contributed by atoms with van der Waals surface area (Å²) in [5.74, 6) is 0.390. The van der Waals surface area contributed by atoms with Gasteiger partial charge in [-0.25, -0.2) is 0 Å². The van der Waals surface area contributed by atoms with Crippen LogP contribution in [0.2, 0.25) is 0 Å². The van der Waals surface area contributed by atoms with Crippen LogP contribution in [0.4, 0.5) is 0 Å². The summed E-state index contributed by atoms with van der Waals surface area (Å²) in [7, 11) is 0. The fraction of sp³-hybridized carbons (Fsp3) is 1.00. The summed E-state index contributed by atoms with van der Waals surface area (Å²) in [5.41, 5.74) is 5.90. The minimum atomic E-state index is -0.546. The Morgan fingerprint density at radius 1 is 0.905 bits per heavy atom. The largest absolute Gasteiger partial charge is 0.389 e. The second kappa shape index (κ2) is 6.58. The van der Waals surface area contributed by atoms with Gasteiger partial charge in [0.1, 0.15) is 0 Å². The van der Waals surface area contributed by atoms with Gasteiger partial charge in [0.2, 0.25) is 0 Å². The Kier molecular flexibility index (Phi) is 5.41. The van der Waals surface area contributed by atoms with E-state index in [2.05, 4.69) is 20.8 Å². The summed E-state index contributed by atoms with van der Waals surface area (Å²) in [6.07, 6.45) is 13.3. The van der Waals surface area contributed by atoms with Crippen LogP contribution in [0.1, 0.15) is 91.4 Å². The van der Waals surface area contributed by atoms with E-state index in [1.54, 1.807) is 0 Å². The van der Waals surface area contributed by atoms with Gasteiger partial charge >= 0.3 is 0 Å². The Balaban J connectivity index is 2.34. The third-order valence-corrected chi connectivity index (χ3v) is 6.54. The molecule has 0 aromatic carbocycles. The van der Waals surface area contributed by atoms with Crippen LogP contribution in [-0.2, 0) is 0 Å². The van der Waals surface area contributed by atoms with Crippen molar-refractivity contribution in [2.24, 2.45) is 22.5 Å². The maximum Gasteiger partial charge on any atom is 0.0748 e. The minimum absolute atomic E-state index is 0.0359. The van der Waals surface area contributed by atoms with Crippen LogP contribution in [0.3, 0.4) is 0 Å². The molecule has 2 saturated carbocycles. The molecular weight excluding hydrogens is 258 g/mol. The maximum absolute atomic E-state index is 11.9. The maximum atomic E-state index is 11.9. The molecule has 0 saturated heterocycles. The molecule has 0 aromatic heterocycles. The van der Waals surface area contributed by atoms with Crippen LogP contribution in [0.25, 0.3) is 0 Å². The molecule has 0 aromatic rings. The monoisotopic (exact) mass is 295 g/mol. The SMILES string of the molecule is CC(C)(C)C1CCCCC1(O)C1(CN)CCCCCCC1. The van der Waals surface area contributed by atoms with Crippen molar-refractivity contribution in [3.8, 4) is 0 Å². The topological polar surface area (TPSA) is 46.2 Å². The van der Waals surface area contributed by atoms with Gasteiger partial charge in [-0.15, -0.1) is 0 Å². The van der Waals surface area contributed by atoms with E-state index < -0.39 is 5.60 Å². The Morgan fingerprint density at radius 3 is 1.95 bits per heavy atom. The lowest BCUT2D eigenvalue weighted by atomic mass is 9.51. The molecule has 0 amide bonds. The second-order valence-corrected chi connectivity index (χ2v) is 8.84. The van der Waals surface area contributed by atoms with Gasteiger partial charge < -0.3 is 10.8 Å². The van der Waals surface area contributed by atoms with Gasteiger partial charge in [-0.3, -0.25) is 0 Å². The van der Waals surface area contributed by atoms with Gasteiger partial charge in [0.25, 0.3) is 0 Å². The fourth-order valence-electron chi connectivity index (χ4n) is 5.34. The second-order valence-electron chi connectivity index (χ2n) is 8.84. The van der Waals surface area contributed by atoms with Crippen molar-refractivity contribution in [2.45, 2.75) is 97.0 Å². The van der Waals surface area contributed by atoms with Crippen LogP contribution in [0, 0.1) is 16.7 Å². The fourth-order valence-corrected chi connectivity index (χ4v) is 5.34. The summed E-state index contributed by atoms with van der Waals surface area (Å²) < 4.78 is 0. The zero-order chi connectivity index (χ0) is 15.6. The predicted octanol–water partition coefficient (Wildman–Crippen LogP) is 4.64. The average Bonchev–Trinajstić information content (AvgIpc) is 2.38. The molecule has 0 spiro atoms. The molecule has 2 aliphatic rings. The molecule has 0 radical (unpaired) electrons. The van der Waals surface area contributed by atoms with E-state index in [1.807, 2.05) is 0 Å². The molecular formula is C19H37NO. The predicted molar refractivity (Wildman–Crippen MR) is 90.2 cm³/mol. The Labute approximate surface area is 131 Å². The quantitative estimate of drug-likeness (QED) is 0.779. The average molecular weight is 296 g/mol. The number of rotatable bonds is 2. The van der Waals surface area contributed by atoms with E-state index in [9.17, 15) is 5.11 Å². The summed E-state index contributed by atoms with van der Waals surface area (Å²) in [5, 5.41) is 11.9. The summed E-state index contributed by atoms with van der Waals surface area (Å²) in [4.78, 5) is 0. The summed E-state index contributed by atoms with van der Waals surface area (Å²) in [6, 6.07) is 0. The first-order valence-corrected chi connectivity index (χ1v) is 9.28. The third kappa shape index (κ3) is 3.32. The van der Waals surface area contributed by atoms with Crippen molar-refractivity contribution < 1.29 is 5.11 Å². The lowest BCUT2D eigenvalue weighted by Gasteiger charge is -2.57. The lowest BCUT2D eigenvalue weighted by molar-refractivity contribution is -0.179. The van der Waals surface area contributed by atoms with Crippen molar-refractivity contribution in [3.05, 3.63) is 0 Å². The zero-order valence-electron chi connectivity index (χ0n) is 14.6. The zero-order valence-corrected chi connectivity index (χ0v) is 14.6. The minimum Gasteiger partial charge on any atom is -0.389 e. The van der Waals surface area contributed by atoms with Crippen LogP contribution < -0.4 is 5.73 Å². The van der Waals surface area contributed by atoms with Gasteiger partial charge in [-0.05, 0) is 37.0 Å². The number of hydrogen-bond acceptors (Lipinski definition) is 2. The Bertz CT molecular complexity index is 325. The van der Waals surface area contributed by atoms with E-state index in [-0.39, 0.29) is 10.8 Å². The molecule has 2 nitrogen and oxygen atoms in total. The highest BCUT2D eigenvalue weighted by Gasteiger charge is 2.56. The van der Waals surface area contributed by atoms with E-state index in [1.165, 1.54) is 51.4 Å². The van der Waals surface area contributed by atoms with Crippen LogP contribution in [0.15, 0.2) is 0 Å². The highest BCUT2D eigenvalue weighted by molar-refractivity contribution is 5.07. The van der Waals surface area contributed by atoms with Crippen LogP contribution in [0.5, 0.6) is 0 Å². The standard InChI is InChI=1S/C19H37NO/c1-17(2,3)16-11-7-10-14-19(16,21)18(15-20)12-8-5-4-6-9-13-18/h16,21H,4-15,20H2,1-3H3. The van der Waals surface area contributed by atoms with E-state index in [4.69, 9.17) is 5.73 Å². The van der Waals surface area contributed by atoms with E-state index >= 15 is 0 Å². The first kappa shape index (κ1) is 17.3. The molecule has 2 aliphatic carbocycles. The summed E-state index contributed by atoms with van der Waals surface area (Å²) >= 11 is 0. The Hall–Kier alpha value is -0.0800. The molecule has 2 unspecified atom stereocenters. The van der Waals surface area contributed by atoms with Crippen molar-refractivity contribution >= 4 is 0 Å². The van der Waals surface area contributed by atoms with Gasteiger partial charge in [0, 0.05) is 12.0 Å². The van der Waals surface area contributed by atoms with Crippen molar-refractivity contribution in [3.63, 3.8) is 0 Å². The number of hydrogen-bond donors (Lipinski definition) is 2. The normalized spacial score (nSPS) is 35.0. The molecule has 0 aliphatic heterocycles. The molecule has 0 heterocycles. The molecule has 2 rings (SSSR count). The van der Waals surface area contributed by atoms with Gasteiger partial charge in [-0.1, -0.05) is 65.7 Å². The molecule has 3 N–H and O–H groups in total. The van der Waals surface area contributed by atoms with E-state index in [0.717, 1.165) is 19.3 Å². The third-order valence-electron chi connectivity index (χ3n) is 6.54. The molecule has 2 atom stereocenters. The molecule has 124 valence electrons. The smallest absolute Gasteiger partial charge is 0.0748 e. The highest BCUT2D eigenvalue weighted by Crippen LogP contribution is 2.56. The first-order valence-electron chi connectivity index (χ1n) is 9.28. The highest BCUT2D eigenvalue weighted by atomic mass is 16.3. The molecule has 2 fully saturated rings. The van der Waals surface area contributed by atoms with Crippen LogP contribution in [-0.4, -0.2) is 17.3 Å². The van der Waals surface area contributed by atoms with Gasteiger partial charge in [0.05, 0.1) is 5.60 Å². The van der Waals surface area contributed by atoms with Gasteiger partial charge in [-0.2, -0.15) is 0 Å². The van der Waals surface area contributed by atoms with Gasteiger partial charge in [0.15, 0.2) is 0 Å². The Morgan fingerprint density at radius 2 is 1.43 bits per heavy atom. The number of nitrogens with two attached hydrogens (primary N) is 1. The van der Waals surface area contributed by atoms with Crippen molar-refractivity contribution in [1.29, 1.82) is 0 Å². The molecule has 21 heavy (non-hydrogen) atoms. The van der Waals surface area contributed by atoms with Crippen molar-refractivity contribution in [1.82, 2.24) is 0 Å². The molecule has 2 heteroatoms.